The molecule has 0 amide bonds. The van der Waals surface area contributed by atoms with Crippen molar-refractivity contribution in [2.75, 3.05) is 13.1 Å². The minimum atomic E-state index is 0.276. The van der Waals surface area contributed by atoms with Crippen LogP contribution < -0.4 is 0 Å². The van der Waals surface area contributed by atoms with Gasteiger partial charge in [0.05, 0.1) is 10.9 Å². The highest BCUT2D eigenvalue weighted by Crippen LogP contribution is 2.34. The van der Waals surface area contributed by atoms with E-state index < -0.39 is 0 Å². The van der Waals surface area contributed by atoms with E-state index in [4.69, 9.17) is 4.42 Å². The second kappa shape index (κ2) is 7.50. The molecule has 3 heterocycles. The molecular formula is C20H23N3OS. The van der Waals surface area contributed by atoms with E-state index in [0.717, 1.165) is 43.1 Å². The van der Waals surface area contributed by atoms with Crippen LogP contribution in [0.2, 0.25) is 0 Å². The molecule has 2 aromatic heterocycles. The Hall–Kier alpha value is -1.98. The number of nitrogens with zero attached hydrogens (tertiary/aromatic N) is 3. The first kappa shape index (κ1) is 16.5. The lowest BCUT2D eigenvalue weighted by Gasteiger charge is -2.21. The van der Waals surface area contributed by atoms with Gasteiger partial charge >= 0.3 is 0 Å². The summed E-state index contributed by atoms with van der Waals surface area (Å²) in [6.07, 6.45) is 4.58. The fourth-order valence-electron chi connectivity index (χ4n) is 3.52. The molecule has 0 N–H and O–H groups in total. The maximum absolute atomic E-state index is 6.01. The maximum Gasteiger partial charge on any atom is 0.257 e. The summed E-state index contributed by atoms with van der Waals surface area (Å²) in [6.45, 7) is 4.29. The summed E-state index contributed by atoms with van der Waals surface area (Å²) in [5.41, 5.74) is 1.41. The third-order valence-electron chi connectivity index (χ3n) is 4.79. The van der Waals surface area contributed by atoms with Gasteiger partial charge in [-0.15, -0.1) is 21.5 Å². The second-order valence-electron chi connectivity index (χ2n) is 6.64. The SMILES string of the molecule is Cc1ccc(-c2nnc([C@H]3CCCN3CCCc3ccccc3)o2)s1. The molecule has 0 spiro atoms. The molecule has 1 aliphatic heterocycles. The summed E-state index contributed by atoms with van der Waals surface area (Å²) in [5, 5.41) is 8.62. The number of benzene rings is 1. The Morgan fingerprint density at radius 3 is 2.84 bits per heavy atom. The predicted molar refractivity (Wildman–Crippen MR) is 101 cm³/mol. The van der Waals surface area contributed by atoms with E-state index in [1.54, 1.807) is 11.3 Å². The highest BCUT2D eigenvalue weighted by Gasteiger charge is 2.30. The van der Waals surface area contributed by atoms with Crippen molar-refractivity contribution in [3.8, 4) is 10.8 Å². The number of likely N-dealkylation sites (tertiary alicyclic amines) is 1. The monoisotopic (exact) mass is 353 g/mol. The summed E-state index contributed by atoms with van der Waals surface area (Å²) in [4.78, 5) is 4.82. The Morgan fingerprint density at radius 1 is 1.16 bits per heavy atom. The average Bonchev–Trinajstić information content (AvgIpc) is 3.35. The highest BCUT2D eigenvalue weighted by atomic mass is 32.1. The zero-order valence-electron chi connectivity index (χ0n) is 14.5. The maximum atomic E-state index is 6.01. The molecule has 25 heavy (non-hydrogen) atoms. The number of hydrogen-bond donors (Lipinski definition) is 0. The van der Waals surface area contributed by atoms with E-state index >= 15 is 0 Å². The molecular weight excluding hydrogens is 330 g/mol. The van der Waals surface area contributed by atoms with E-state index in [1.807, 2.05) is 0 Å². The molecule has 130 valence electrons. The van der Waals surface area contributed by atoms with Gasteiger partial charge in [0.1, 0.15) is 0 Å². The molecule has 3 aromatic rings. The quantitative estimate of drug-likeness (QED) is 0.633. The number of aryl methyl sites for hydroxylation is 2. The summed E-state index contributed by atoms with van der Waals surface area (Å²) < 4.78 is 6.01. The van der Waals surface area contributed by atoms with E-state index in [1.165, 1.54) is 16.9 Å². The topological polar surface area (TPSA) is 42.2 Å². The number of rotatable bonds is 6. The molecule has 4 rings (SSSR count). The minimum Gasteiger partial charge on any atom is -0.418 e. The Labute approximate surface area is 152 Å². The van der Waals surface area contributed by atoms with Crippen molar-refractivity contribution in [2.24, 2.45) is 0 Å². The van der Waals surface area contributed by atoms with Crippen molar-refractivity contribution in [1.82, 2.24) is 15.1 Å². The fraction of sp³-hybridized carbons (Fsp3) is 0.400. The minimum absolute atomic E-state index is 0.276. The van der Waals surface area contributed by atoms with Crippen LogP contribution in [0.4, 0.5) is 0 Å². The summed E-state index contributed by atoms with van der Waals surface area (Å²) in [5.74, 6) is 1.43. The molecule has 5 heteroatoms. The van der Waals surface area contributed by atoms with Crippen LogP contribution in [0.1, 0.15) is 41.6 Å². The van der Waals surface area contributed by atoms with Gasteiger partial charge < -0.3 is 4.42 Å². The fourth-order valence-corrected chi connectivity index (χ4v) is 4.31. The lowest BCUT2D eigenvalue weighted by atomic mass is 10.1. The van der Waals surface area contributed by atoms with Gasteiger partial charge in [-0.25, -0.2) is 0 Å². The van der Waals surface area contributed by atoms with Crippen LogP contribution in [-0.2, 0) is 6.42 Å². The van der Waals surface area contributed by atoms with Crippen molar-refractivity contribution in [3.05, 3.63) is 58.8 Å². The van der Waals surface area contributed by atoms with E-state index in [0.29, 0.717) is 5.89 Å². The van der Waals surface area contributed by atoms with Crippen molar-refractivity contribution in [2.45, 2.75) is 38.6 Å². The molecule has 1 aromatic carbocycles. The Bertz CT molecular complexity index is 811. The van der Waals surface area contributed by atoms with Crippen LogP contribution in [0, 0.1) is 6.92 Å². The molecule has 1 saturated heterocycles. The van der Waals surface area contributed by atoms with Gasteiger partial charge in [0, 0.05) is 4.88 Å². The summed E-state index contributed by atoms with van der Waals surface area (Å²) in [7, 11) is 0. The molecule has 0 bridgehead atoms. The van der Waals surface area contributed by atoms with Gasteiger partial charge in [-0.2, -0.15) is 0 Å². The molecule has 0 unspecified atom stereocenters. The Balaban J connectivity index is 1.39. The first-order chi connectivity index (χ1) is 12.3. The first-order valence-corrected chi connectivity index (χ1v) is 9.79. The van der Waals surface area contributed by atoms with Crippen LogP contribution in [0.15, 0.2) is 46.9 Å². The van der Waals surface area contributed by atoms with Crippen LogP contribution in [0.3, 0.4) is 0 Å². The molecule has 1 fully saturated rings. The van der Waals surface area contributed by atoms with E-state index in [-0.39, 0.29) is 6.04 Å². The van der Waals surface area contributed by atoms with Crippen LogP contribution in [0.25, 0.3) is 10.8 Å². The standard InChI is InChI=1S/C20H23N3OS/c1-15-11-12-18(25-15)20-22-21-19(24-20)17-10-6-14-23(17)13-5-9-16-7-3-2-4-8-16/h2-4,7-8,11-12,17H,5-6,9-10,13-14H2,1H3/t17-/m1/s1. The lowest BCUT2D eigenvalue weighted by molar-refractivity contribution is 0.221. The number of thiophene rings is 1. The average molecular weight is 353 g/mol. The van der Waals surface area contributed by atoms with Crippen LogP contribution in [0.5, 0.6) is 0 Å². The molecule has 4 nitrogen and oxygen atoms in total. The molecule has 0 radical (unpaired) electrons. The predicted octanol–water partition coefficient (Wildman–Crippen LogP) is 4.88. The van der Waals surface area contributed by atoms with Gasteiger partial charge in [0.15, 0.2) is 0 Å². The van der Waals surface area contributed by atoms with Crippen molar-refractivity contribution in [3.63, 3.8) is 0 Å². The molecule has 0 saturated carbocycles. The van der Waals surface area contributed by atoms with Gasteiger partial charge in [-0.1, -0.05) is 30.3 Å². The molecule has 0 aliphatic carbocycles. The summed E-state index contributed by atoms with van der Waals surface area (Å²) in [6, 6.07) is 15.1. The van der Waals surface area contributed by atoms with Crippen molar-refractivity contribution < 1.29 is 4.42 Å². The first-order valence-electron chi connectivity index (χ1n) is 8.98. The number of hydrogen-bond acceptors (Lipinski definition) is 5. The zero-order valence-corrected chi connectivity index (χ0v) is 15.3. The van der Waals surface area contributed by atoms with Gasteiger partial charge in [0.25, 0.3) is 5.89 Å². The Kier molecular flexibility index (Phi) is 4.95. The largest absolute Gasteiger partial charge is 0.418 e. The highest BCUT2D eigenvalue weighted by molar-refractivity contribution is 7.15. The third kappa shape index (κ3) is 3.83. The molecule has 1 atom stereocenters. The molecule has 1 aliphatic rings. The van der Waals surface area contributed by atoms with Crippen LogP contribution in [-0.4, -0.2) is 28.2 Å². The third-order valence-corrected chi connectivity index (χ3v) is 5.78. The number of aromatic nitrogens is 2. The van der Waals surface area contributed by atoms with Crippen LogP contribution >= 0.6 is 11.3 Å². The van der Waals surface area contributed by atoms with E-state index in [9.17, 15) is 0 Å². The van der Waals surface area contributed by atoms with Crippen molar-refractivity contribution >= 4 is 11.3 Å². The summed E-state index contributed by atoms with van der Waals surface area (Å²) >= 11 is 1.70. The smallest absolute Gasteiger partial charge is 0.257 e. The van der Waals surface area contributed by atoms with E-state index in [2.05, 4.69) is 64.5 Å². The lowest BCUT2D eigenvalue weighted by Crippen LogP contribution is -2.25. The van der Waals surface area contributed by atoms with Gasteiger partial charge in [-0.05, 0) is 63.4 Å². The van der Waals surface area contributed by atoms with Gasteiger partial charge in [0.2, 0.25) is 5.89 Å². The van der Waals surface area contributed by atoms with Crippen molar-refractivity contribution in [1.29, 1.82) is 0 Å². The Morgan fingerprint density at radius 2 is 2.04 bits per heavy atom. The normalized spacial score (nSPS) is 18.0. The second-order valence-corrected chi connectivity index (χ2v) is 7.93. The van der Waals surface area contributed by atoms with Gasteiger partial charge in [-0.3, -0.25) is 4.90 Å². The zero-order chi connectivity index (χ0) is 17.1.